The van der Waals surface area contributed by atoms with Gasteiger partial charge in [-0.15, -0.1) is 0 Å². The van der Waals surface area contributed by atoms with Crippen LogP contribution in [0.2, 0.25) is 0 Å². The fourth-order valence-corrected chi connectivity index (χ4v) is 1.77. The third-order valence-electron chi connectivity index (χ3n) is 2.38. The van der Waals surface area contributed by atoms with Gasteiger partial charge in [0.15, 0.2) is 5.82 Å². The molecular formula is C13H24N4O2. The Kier molecular flexibility index (Phi) is 5.98. The van der Waals surface area contributed by atoms with Gasteiger partial charge in [0.1, 0.15) is 18.2 Å². The highest BCUT2D eigenvalue weighted by molar-refractivity contribution is 5.48. The topological polar surface area (TPSA) is 68.3 Å². The molecule has 0 bridgehead atoms. The molecule has 1 aromatic heterocycles. The molecule has 6 nitrogen and oxygen atoms in total. The van der Waals surface area contributed by atoms with Gasteiger partial charge < -0.3 is 20.1 Å². The van der Waals surface area contributed by atoms with E-state index in [-0.39, 0.29) is 5.54 Å². The lowest BCUT2D eigenvalue weighted by Crippen LogP contribution is -2.36. The first-order chi connectivity index (χ1) is 9.00. The average Bonchev–Trinajstić information content (AvgIpc) is 2.28. The number of methoxy groups -OCH3 is 2. The lowest BCUT2D eigenvalue weighted by molar-refractivity contribution is 0.158. The van der Waals surface area contributed by atoms with Crippen LogP contribution in [0.15, 0.2) is 6.07 Å². The Labute approximate surface area is 114 Å². The first kappa shape index (κ1) is 15.7. The van der Waals surface area contributed by atoms with Gasteiger partial charge in [0, 0.05) is 26.8 Å². The number of rotatable bonds is 8. The van der Waals surface area contributed by atoms with Crippen LogP contribution in [0, 0.1) is 0 Å². The van der Waals surface area contributed by atoms with Crippen LogP contribution in [0.5, 0.6) is 0 Å². The normalized spacial score (nSPS) is 11.4. The van der Waals surface area contributed by atoms with Gasteiger partial charge >= 0.3 is 0 Å². The van der Waals surface area contributed by atoms with Crippen molar-refractivity contribution in [2.24, 2.45) is 0 Å². The lowest BCUT2D eigenvalue weighted by Gasteiger charge is -2.26. The molecule has 0 radical (unpaired) electrons. The quantitative estimate of drug-likeness (QED) is 0.750. The van der Waals surface area contributed by atoms with E-state index in [1.807, 2.05) is 13.0 Å². The fraction of sp³-hybridized carbons (Fsp3) is 0.692. The number of nitrogens with one attached hydrogen (secondary N) is 2. The Balaban J connectivity index is 2.91. The minimum atomic E-state index is -0.197. The number of hydrogen-bond acceptors (Lipinski definition) is 6. The molecule has 1 heterocycles. The van der Waals surface area contributed by atoms with Crippen LogP contribution in [0.25, 0.3) is 0 Å². The average molecular weight is 268 g/mol. The Morgan fingerprint density at radius 1 is 1.16 bits per heavy atom. The van der Waals surface area contributed by atoms with E-state index in [9.17, 15) is 0 Å². The van der Waals surface area contributed by atoms with E-state index in [2.05, 4.69) is 34.4 Å². The van der Waals surface area contributed by atoms with E-state index in [1.165, 1.54) is 0 Å². The third-order valence-corrected chi connectivity index (χ3v) is 2.38. The van der Waals surface area contributed by atoms with Gasteiger partial charge in [-0.3, -0.25) is 0 Å². The van der Waals surface area contributed by atoms with Crippen LogP contribution in [0.3, 0.4) is 0 Å². The second-order valence-corrected chi connectivity index (χ2v) is 4.96. The van der Waals surface area contributed by atoms with Gasteiger partial charge in [-0.25, -0.2) is 9.97 Å². The van der Waals surface area contributed by atoms with Crippen molar-refractivity contribution >= 4 is 11.6 Å². The molecule has 1 aromatic rings. The van der Waals surface area contributed by atoms with Gasteiger partial charge in [-0.2, -0.15) is 0 Å². The zero-order chi connectivity index (χ0) is 14.3. The summed E-state index contributed by atoms with van der Waals surface area (Å²) in [6, 6.07) is 1.89. The van der Waals surface area contributed by atoms with Crippen molar-refractivity contribution in [1.29, 1.82) is 0 Å². The monoisotopic (exact) mass is 268 g/mol. The summed E-state index contributed by atoms with van der Waals surface area (Å²) in [4.78, 5) is 8.80. The molecule has 0 aromatic carbocycles. The summed E-state index contributed by atoms with van der Waals surface area (Å²) in [5.74, 6) is 2.21. The first-order valence-corrected chi connectivity index (χ1v) is 6.38. The molecule has 0 saturated carbocycles. The summed E-state index contributed by atoms with van der Waals surface area (Å²) in [5, 5.41) is 6.53. The van der Waals surface area contributed by atoms with Crippen molar-refractivity contribution in [2.45, 2.75) is 32.9 Å². The lowest BCUT2D eigenvalue weighted by atomic mass is 10.1. The Morgan fingerprint density at radius 3 is 2.42 bits per heavy atom. The number of anilines is 2. The summed E-state index contributed by atoms with van der Waals surface area (Å²) in [7, 11) is 3.31. The third kappa shape index (κ3) is 5.40. The highest BCUT2D eigenvalue weighted by Crippen LogP contribution is 2.17. The highest BCUT2D eigenvalue weighted by atomic mass is 16.5. The van der Waals surface area contributed by atoms with E-state index in [0.29, 0.717) is 19.0 Å². The van der Waals surface area contributed by atoms with Crippen LogP contribution in [-0.4, -0.2) is 42.9 Å². The minimum Gasteiger partial charge on any atom is -0.382 e. The van der Waals surface area contributed by atoms with Crippen molar-refractivity contribution < 1.29 is 9.47 Å². The maximum Gasteiger partial charge on any atom is 0.158 e. The molecule has 2 N–H and O–H groups in total. The number of ether oxygens (including phenoxy) is 2. The fourth-order valence-electron chi connectivity index (χ4n) is 1.77. The van der Waals surface area contributed by atoms with Gasteiger partial charge in [0.25, 0.3) is 0 Å². The second-order valence-electron chi connectivity index (χ2n) is 4.96. The van der Waals surface area contributed by atoms with Gasteiger partial charge in [-0.1, -0.05) is 0 Å². The summed E-state index contributed by atoms with van der Waals surface area (Å²) < 4.78 is 10.3. The maximum atomic E-state index is 5.19. The zero-order valence-electron chi connectivity index (χ0n) is 12.4. The number of aromatic nitrogens is 2. The number of nitrogens with zero attached hydrogens (tertiary/aromatic N) is 2. The summed E-state index contributed by atoms with van der Waals surface area (Å²) >= 11 is 0. The zero-order valence-corrected chi connectivity index (χ0v) is 12.4. The standard InChI is InChI=1S/C13H24N4O2/c1-6-14-10-7-11(16-12(15-10)8-18-4)17-13(2,3)9-19-5/h7H,6,8-9H2,1-5H3,(H2,14,15,16,17). The van der Waals surface area contributed by atoms with Gasteiger partial charge in [0.2, 0.25) is 0 Å². The van der Waals surface area contributed by atoms with Gasteiger partial charge in [-0.05, 0) is 20.8 Å². The molecule has 0 fully saturated rings. The predicted octanol–water partition coefficient (Wildman–Crippen LogP) is 1.89. The molecule has 6 heteroatoms. The smallest absolute Gasteiger partial charge is 0.158 e. The summed E-state index contributed by atoms with van der Waals surface area (Å²) in [5.41, 5.74) is -0.197. The molecule has 0 unspecified atom stereocenters. The Morgan fingerprint density at radius 2 is 1.84 bits per heavy atom. The van der Waals surface area contributed by atoms with Crippen molar-refractivity contribution in [2.75, 3.05) is 38.0 Å². The van der Waals surface area contributed by atoms with E-state index in [4.69, 9.17) is 9.47 Å². The van der Waals surface area contributed by atoms with E-state index >= 15 is 0 Å². The summed E-state index contributed by atoms with van der Waals surface area (Å²) in [6.07, 6.45) is 0. The van der Waals surface area contributed by atoms with Crippen molar-refractivity contribution in [3.63, 3.8) is 0 Å². The maximum absolute atomic E-state index is 5.19. The van der Waals surface area contributed by atoms with Crippen molar-refractivity contribution in [3.05, 3.63) is 11.9 Å². The molecule has 0 amide bonds. The summed E-state index contributed by atoms with van der Waals surface area (Å²) in [6.45, 7) is 7.93. The number of hydrogen-bond donors (Lipinski definition) is 2. The van der Waals surface area contributed by atoms with Crippen LogP contribution < -0.4 is 10.6 Å². The van der Waals surface area contributed by atoms with Crippen LogP contribution in [-0.2, 0) is 16.1 Å². The minimum absolute atomic E-state index is 0.197. The van der Waals surface area contributed by atoms with Crippen LogP contribution in [0.1, 0.15) is 26.6 Å². The molecule has 0 spiro atoms. The molecule has 19 heavy (non-hydrogen) atoms. The van der Waals surface area contributed by atoms with Crippen molar-refractivity contribution in [1.82, 2.24) is 9.97 Å². The molecule has 0 aliphatic carbocycles. The Bertz CT molecular complexity index is 372. The van der Waals surface area contributed by atoms with Gasteiger partial charge in [0.05, 0.1) is 12.1 Å². The highest BCUT2D eigenvalue weighted by Gasteiger charge is 2.18. The molecule has 1 rings (SSSR count). The largest absolute Gasteiger partial charge is 0.382 e. The first-order valence-electron chi connectivity index (χ1n) is 6.38. The second kappa shape index (κ2) is 7.25. The van der Waals surface area contributed by atoms with E-state index in [0.717, 1.165) is 18.2 Å². The van der Waals surface area contributed by atoms with Crippen LogP contribution in [0.4, 0.5) is 11.6 Å². The predicted molar refractivity (Wildman–Crippen MR) is 76.5 cm³/mol. The molecule has 0 atom stereocenters. The molecule has 0 aliphatic heterocycles. The van der Waals surface area contributed by atoms with E-state index in [1.54, 1.807) is 14.2 Å². The Hall–Kier alpha value is -1.40. The molecule has 0 aliphatic rings. The molecular weight excluding hydrogens is 244 g/mol. The molecule has 108 valence electrons. The van der Waals surface area contributed by atoms with Crippen LogP contribution >= 0.6 is 0 Å². The molecule has 0 saturated heterocycles. The van der Waals surface area contributed by atoms with E-state index < -0.39 is 0 Å². The van der Waals surface area contributed by atoms with Crippen molar-refractivity contribution in [3.8, 4) is 0 Å². The SMILES string of the molecule is CCNc1cc(NC(C)(C)COC)nc(COC)n1.